The molecule has 0 aliphatic heterocycles. The summed E-state index contributed by atoms with van der Waals surface area (Å²) in [6, 6.07) is -0.891. The Hall–Kier alpha value is -3.59. The summed E-state index contributed by atoms with van der Waals surface area (Å²) in [4.78, 5) is 37.7. The molecule has 3 atom stereocenters. The van der Waals surface area contributed by atoms with Crippen molar-refractivity contribution in [3.63, 3.8) is 0 Å². The van der Waals surface area contributed by atoms with E-state index in [9.17, 15) is 19.0 Å². The molecule has 0 fully saturated rings. The number of esters is 1. The van der Waals surface area contributed by atoms with E-state index in [-0.39, 0.29) is 37.9 Å². The zero-order valence-electron chi connectivity index (χ0n) is 50.9. The molecule has 0 aromatic carbocycles. The molecule has 0 aromatic heterocycles. The molecular weight excluding hydrogens is 988 g/mol. The van der Waals surface area contributed by atoms with E-state index in [4.69, 9.17) is 13.8 Å². The summed E-state index contributed by atoms with van der Waals surface area (Å²) in [7, 11) is 1.44. The zero-order valence-corrected chi connectivity index (χ0v) is 51.8. The van der Waals surface area contributed by atoms with Crippen molar-refractivity contribution in [3.8, 4) is 0 Å². The lowest BCUT2D eigenvalue weighted by Crippen LogP contribution is -2.47. The van der Waals surface area contributed by atoms with Crippen molar-refractivity contribution in [1.82, 2.24) is 5.32 Å². The molecule has 0 aliphatic rings. The Labute approximate surface area is 480 Å². The molecule has 0 saturated heterocycles. The number of phosphoric acid groups is 1. The molecule has 3 unspecified atom stereocenters. The van der Waals surface area contributed by atoms with Crippen molar-refractivity contribution < 1.29 is 37.3 Å². The quantitative estimate of drug-likeness (QED) is 0.0205. The number of amides is 1. The first-order valence-electron chi connectivity index (χ1n) is 31.4. The van der Waals surface area contributed by atoms with Crippen molar-refractivity contribution in [3.05, 3.63) is 122 Å². The Morgan fingerprint density at radius 1 is 0.462 bits per heavy atom. The topological polar surface area (TPSA) is 111 Å². The van der Waals surface area contributed by atoms with Crippen LogP contribution >= 0.6 is 7.82 Å². The maximum Gasteiger partial charge on any atom is 0.472 e. The normalized spacial score (nSPS) is 14.5. The van der Waals surface area contributed by atoms with Crippen LogP contribution in [0.5, 0.6) is 0 Å². The van der Waals surface area contributed by atoms with Crippen LogP contribution in [-0.4, -0.2) is 74.3 Å². The molecule has 0 spiro atoms. The molecule has 0 aliphatic carbocycles. The van der Waals surface area contributed by atoms with Crippen molar-refractivity contribution in [2.24, 2.45) is 0 Å². The van der Waals surface area contributed by atoms with Crippen LogP contribution in [0.15, 0.2) is 122 Å². The Morgan fingerprint density at radius 2 is 0.833 bits per heavy atom. The average molecular weight is 1110 g/mol. The van der Waals surface area contributed by atoms with Gasteiger partial charge in [-0.15, -0.1) is 0 Å². The van der Waals surface area contributed by atoms with Crippen LogP contribution in [0.2, 0.25) is 0 Å². The van der Waals surface area contributed by atoms with E-state index in [2.05, 4.69) is 135 Å². The highest BCUT2D eigenvalue weighted by molar-refractivity contribution is 7.47. The second-order valence-electron chi connectivity index (χ2n) is 21.8. The Balaban J connectivity index is 5.33. The molecule has 0 rings (SSSR count). The Morgan fingerprint density at radius 3 is 1.28 bits per heavy atom. The SMILES string of the molecule is CC/C=C\C/C=C\C/C=C\C/C=C\C/C=C\CCCC(=O)NC(COP(=O)(O)OCC[N+](C)(C)C)C(/C=C\CCCCCCCCCCCC)OC(=O)CCCCCCCCC/C=C\C/C=C\C/C=C\C/C=C\CCCCC. The summed E-state index contributed by atoms with van der Waals surface area (Å²) in [5, 5.41) is 3.01. The number of unbranched alkanes of at least 4 members (excludes halogenated alkanes) is 21. The van der Waals surface area contributed by atoms with Gasteiger partial charge in [-0.1, -0.05) is 239 Å². The lowest BCUT2D eigenvalue weighted by Gasteiger charge is -2.27. The summed E-state index contributed by atoms with van der Waals surface area (Å²) in [6.07, 6.45) is 79.2. The number of likely N-dealkylation sites (N-methyl/N-ethyl adjacent to an activating group) is 1. The number of carbonyl (C=O) groups excluding carboxylic acids is 2. The van der Waals surface area contributed by atoms with E-state index in [1.54, 1.807) is 0 Å². The number of phosphoric ester groups is 1. The van der Waals surface area contributed by atoms with E-state index in [0.717, 1.165) is 103 Å². The van der Waals surface area contributed by atoms with Gasteiger partial charge in [0.15, 0.2) is 0 Å². The molecule has 0 bridgehead atoms. The highest BCUT2D eigenvalue weighted by Crippen LogP contribution is 2.43. The van der Waals surface area contributed by atoms with Gasteiger partial charge in [-0.3, -0.25) is 18.6 Å². The molecular formula is C68H118N2O7P+. The molecule has 1 amide bonds. The summed E-state index contributed by atoms with van der Waals surface area (Å²) in [5.74, 6) is -0.593. The second kappa shape index (κ2) is 56.7. The number of hydrogen-bond donors (Lipinski definition) is 2. The first-order valence-corrected chi connectivity index (χ1v) is 32.9. The van der Waals surface area contributed by atoms with Crippen molar-refractivity contribution in [1.29, 1.82) is 0 Å². The van der Waals surface area contributed by atoms with E-state index < -0.39 is 20.0 Å². The lowest BCUT2D eigenvalue weighted by atomic mass is 10.1. The largest absolute Gasteiger partial charge is 0.472 e. The van der Waals surface area contributed by atoms with E-state index in [0.29, 0.717) is 23.9 Å². The van der Waals surface area contributed by atoms with Gasteiger partial charge in [-0.2, -0.15) is 0 Å². The van der Waals surface area contributed by atoms with Gasteiger partial charge >= 0.3 is 13.8 Å². The zero-order chi connectivity index (χ0) is 57.2. The molecule has 0 radical (unpaired) electrons. The first-order chi connectivity index (χ1) is 37.9. The molecule has 2 N–H and O–H groups in total. The van der Waals surface area contributed by atoms with Crippen LogP contribution in [0.4, 0.5) is 0 Å². The number of nitrogens with zero attached hydrogens (tertiary/aromatic N) is 1. The minimum absolute atomic E-state index is 0.0212. The fourth-order valence-electron chi connectivity index (χ4n) is 8.31. The molecule has 9 nitrogen and oxygen atoms in total. The number of quaternary nitrogens is 1. The molecule has 78 heavy (non-hydrogen) atoms. The summed E-state index contributed by atoms with van der Waals surface area (Å²) >= 11 is 0. The molecule has 0 aromatic rings. The van der Waals surface area contributed by atoms with Crippen LogP contribution in [-0.2, 0) is 27.9 Å². The van der Waals surface area contributed by atoms with Gasteiger partial charge in [0, 0.05) is 12.8 Å². The number of ether oxygens (including phenoxy) is 1. The summed E-state index contributed by atoms with van der Waals surface area (Å²) in [5.41, 5.74) is 0. The average Bonchev–Trinajstić information content (AvgIpc) is 3.40. The fraction of sp³-hybridized carbons (Fsp3) is 0.676. The van der Waals surface area contributed by atoms with Gasteiger partial charge in [-0.05, 0) is 115 Å². The third-order valence-electron chi connectivity index (χ3n) is 13.1. The van der Waals surface area contributed by atoms with Gasteiger partial charge in [0.1, 0.15) is 19.3 Å². The maximum atomic E-state index is 13.5. The third kappa shape index (κ3) is 57.1. The molecule has 0 heterocycles. The van der Waals surface area contributed by atoms with Gasteiger partial charge in [0.2, 0.25) is 5.91 Å². The van der Waals surface area contributed by atoms with Gasteiger partial charge in [0.25, 0.3) is 0 Å². The highest BCUT2D eigenvalue weighted by Gasteiger charge is 2.30. The number of carbonyl (C=O) groups is 2. The fourth-order valence-corrected chi connectivity index (χ4v) is 9.05. The minimum Gasteiger partial charge on any atom is -0.456 e. The smallest absolute Gasteiger partial charge is 0.456 e. The second-order valence-corrected chi connectivity index (χ2v) is 23.3. The molecule has 0 saturated carbocycles. The number of allylic oxidation sites excluding steroid dienone is 19. The number of rotatable bonds is 55. The van der Waals surface area contributed by atoms with Crippen LogP contribution in [0, 0.1) is 0 Å². The minimum atomic E-state index is -4.47. The Kier molecular flexibility index (Phi) is 54.1. The number of nitrogens with one attached hydrogen (secondary N) is 1. The van der Waals surface area contributed by atoms with E-state index in [1.807, 2.05) is 33.3 Å². The van der Waals surface area contributed by atoms with Crippen molar-refractivity contribution >= 4 is 19.7 Å². The van der Waals surface area contributed by atoms with Crippen LogP contribution in [0.3, 0.4) is 0 Å². The van der Waals surface area contributed by atoms with Crippen molar-refractivity contribution in [2.45, 2.75) is 258 Å². The molecule has 446 valence electrons. The predicted molar refractivity (Wildman–Crippen MR) is 336 cm³/mol. The van der Waals surface area contributed by atoms with Crippen LogP contribution in [0.1, 0.15) is 245 Å². The standard InChI is InChI=1S/C68H117N2O7P/c1-7-10-13-16-19-22-25-28-30-32-33-34-35-36-37-39-41-43-46-49-52-55-58-61-68(72)77-66(59-56-53-50-47-44-27-24-21-18-15-12-9-3)65(64-76-78(73,74)75-63-62-70(4,5)6)69-67(71)60-57-54-51-48-45-42-40-38-31-29-26-23-20-17-14-11-8-2/h11,14,19-20,22-23,28-31,33-34,36-37,40,42,48,51,56,59,65-66H,7-10,12-13,15-18,21,24-27,32,35,38-39,41,43-47,49-50,52-55,57-58,60-64H2,1-6H3,(H-,69,71,73,74)/p+1/b14-11-,22-19-,23-20-,30-28-,31-29-,34-33-,37-36-,42-40-,51-48-,59-56-. The Bertz CT molecular complexity index is 1750. The van der Waals surface area contributed by atoms with Gasteiger partial charge in [0.05, 0.1) is 33.8 Å². The maximum absolute atomic E-state index is 13.5. The third-order valence-corrected chi connectivity index (χ3v) is 14.1. The lowest BCUT2D eigenvalue weighted by molar-refractivity contribution is -0.870. The van der Waals surface area contributed by atoms with E-state index in [1.165, 1.54) is 96.3 Å². The van der Waals surface area contributed by atoms with Crippen LogP contribution in [0.25, 0.3) is 0 Å². The van der Waals surface area contributed by atoms with E-state index >= 15 is 0 Å². The summed E-state index contributed by atoms with van der Waals surface area (Å²) in [6.45, 7) is 6.80. The molecule has 10 heteroatoms. The van der Waals surface area contributed by atoms with Crippen LogP contribution < -0.4 is 5.32 Å². The highest BCUT2D eigenvalue weighted by atomic mass is 31.2. The first kappa shape index (κ1) is 74.4. The predicted octanol–water partition coefficient (Wildman–Crippen LogP) is 19.5. The monoisotopic (exact) mass is 1110 g/mol. The summed E-state index contributed by atoms with van der Waals surface area (Å²) < 4.78 is 30.6. The number of hydrogen-bond acceptors (Lipinski definition) is 6. The van der Waals surface area contributed by atoms with Gasteiger partial charge < -0.3 is 19.4 Å². The van der Waals surface area contributed by atoms with Crippen molar-refractivity contribution in [2.75, 3.05) is 40.9 Å². The van der Waals surface area contributed by atoms with Gasteiger partial charge in [-0.25, -0.2) is 4.57 Å².